The molecule has 0 saturated carbocycles. The van der Waals surface area contributed by atoms with Gasteiger partial charge in [-0.15, -0.1) is 0 Å². The largest absolute Gasteiger partial charge is 0.497 e. The Hall–Kier alpha value is -3.41. The summed E-state index contributed by atoms with van der Waals surface area (Å²) < 4.78 is 10.8. The van der Waals surface area contributed by atoms with E-state index in [0.29, 0.717) is 18.7 Å². The van der Waals surface area contributed by atoms with Crippen molar-refractivity contribution in [3.8, 4) is 11.6 Å². The highest BCUT2D eigenvalue weighted by molar-refractivity contribution is 5.86. The number of aromatic nitrogens is 3. The number of imidazole rings is 1. The van der Waals surface area contributed by atoms with Gasteiger partial charge in [-0.2, -0.15) is 0 Å². The Kier molecular flexibility index (Phi) is 4.65. The smallest absolute Gasteiger partial charge is 0.332 e. The van der Waals surface area contributed by atoms with Gasteiger partial charge in [-0.25, -0.2) is 4.79 Å². The number of unbranched alkanes of at least 4 members (excludes halogenated alkanes) is 1. The molecular weight excluding hydrogens is 390 g/mol. The van der Waals surface area contributed by atoms with Crippen LogP contribution in [0.5, 0.6) is 11.6 Å². The molecule has 0 amide bonds. The highest BCUT2D eigenvalue weighted by Gasteiger charge is 2.36. The van der Waals surface area contributed by atoms with Crippen molar-refractivity contribution in [2.75, 3.05) is 7.11 Å². The van der Waals surface area contributed by atoms with Gasteiger partial charge < -0.3 is 14.4 Å². The Morgan fingerprint density at radius 2 is 1.87 bits per heavy atom. The lowest BCUT2D eigenvalue weighted by Crippen LogP contribution is -2.33. The maximum atomic E-state index is 13.5. The minimum atomic E-state index is -0.316. The number of aromatic hydroxyl groups is 1. The summed E-state index contributed by atoms with van der Waals surface area (Å²) in [7, 11) is 3.70. The number of fused-ring (bicyclic) bond motifs is 4. The fraction of sp³-hybridized carbons (Fsp3) is 0.320. The molecule has 0 bridgehead atoms. The first-order valence-corrected chi connectivity index (χ1v) is 10.8. The van der Waals surface area contributed by atoms with Crippen molar-refractivity contribution in [3.63, 3.8) is 0 Å². The minimum absolute atomic E-state index is 0.0931. The molecule has 2 aromatic heterocycles. The van der Waals surface area contributed by atoms with Crippen LogP contribution in [0.2, 0.25) is 0 Å². The van der Waals surface area contributed by atoms with Crippen molar-refractivity contribution in [1.82, 2.24) is 13.7 Å². The molecule has 1 aliphatic heterocycles. The number of hydrogen-bond acceptors (Lipinski definition) is 3. The Balaban J connectivity index is 1.80. The summed E-state index contributed by atoms with van der Waals surface area (Å²) in [5.41, 5.74) is 4.91. The standard InChI is InChI=1S/C25H27N3O3/c1-4-5-14-27-24(29)21-15-19-18-8-6-7-9-20(18)26(2)23(19)22(28(21)25(27)30)16-10-12-17(31-3)13-11-16/h6-13,22,29H,4-5,14-15H2,1-3H3/t22-/m1/s1. The lowest BCUT2D eigenvalue weighted by Gasteiger charge is -2.27. The van der Waals surface area contributed by atoms with Crippen LogP contribution in [0.15, 0.2) is 53.3 Å². The minimum Gasteiger partial charge on any atom is -0.497 e. The summed E-state index contributed by atoms with van der Waals surface area (Å²) in [6, 6.07) is 15.8. The van der Waals surface area contributed by atoms with E-state index in [1.807, 2.05) is 36.4 Å². The third-order valence-electron chi connectivity index (χ3n) is 6.53. The van der Waals surface area contributed by atoms with Crippen molar-refractivity contribution in [1.29, 1.82) is 0 Å². The molecule has 6 heteroatoms. The average molecular weight is 418 g/mol. The summed E-state index contributed by atoms with van der Waals surface area (Å²) in [4.78, 5) is 13.5. The predicted octanol–water partition coefficient (Wildman–Crippen LogP) is 4.20. The van der Waals surface area contributed by atoms with E-state index in [1.54, 1.807) is 11.7 Å². The molecule has 0 radical (unpaired) electrons. The molecule has 4 aromatic rings. The second-order valence-electron chi connectivity index (χ2n) is 8.22. The molecule has 160 valence electrons. The topological polar surface area (TPSA) is 61.3 Å². The molecule has 0 unspecified atom stereocenters. The Morgan fingerprint density at radius 1 is 1.13 bits per heavy atom. The molecule has 31 heavy (non-hydrogen) atoms. The molecule has 0 fully saturated rings. The molecule has 0 saturated heterocycles. The van der Waals surface area contributed by atoms with Crippen molar-refractivity contribution in [2.45, 2.75) is 38.8 Å². The summed E-state index contributed by atoms with van der Waals surface area (Å²) in [5.74, 6) is 0.864. The van der Waals surface area contributed by atoms with Crippen molar-refractivity contribution in [3.05, 3.63) is 81.5 Å². The SMILES string of the molecule is CCCCn1c(O)c2n(c1=O)[C@H](c1ccc(OC)cc1)c1c(c3ccccc3n1C)C2. The van der Waals surface area contributed by atoms with E-state index in [4.69, 9.17) is 4.74 Å². The van der Waals surface area contributed by atoms with Crippen LogP contribution in [-0.2, 0) is 20.0 Å². The highest BCUT2D eigenvalue weighted by Crippen LogP contribution is 2.42. The lowest BCUT2D eigenvalue weighted by molar-refractivity contribution is 0.404. The molecule has 1 aliphatic rings. The van der Waals surface area contributed by atoms with Gasteiger partial charge in [-0.05, 0) is 35.7 Å². The first-order valence-electron chi connectivity index (χ1n) is 10.8. The number of rotatable bonds is 5. The molecule has 5 rings (SSSR count). The van der Waals surface area contributed by atoms with Crippen LogP contribution in [0.4, 0.5) is 0 Å². The van der Waals surface area contributed by atoms with E-state index in [-0.39, 0.29) is 17.6 Å². The van der Waals surface area contributed by atoms with Gasteiger partial charge in [0.1, 0.15) is 11.8 Å². The van der Waals surface area contributed by atoms with Gasteiger partial charge in [0.05, 0.1) is 12.8 Å². The first kappa shape index (κ1) is 19.5. The quantitative estimate of drug-likeness (QED) is 0.466. The van der Waals surface area contributed by atoms with Crippen LogP contribution in [0.25, 0.3) is 10.9 Å². The Morgan fingerprint density at radius 3 is 2.58 bits per heavy atom. The number of aryl methyl sites for hydroxylation is 1. The summed E-state index contributed by atoms with van der Waals surface area (Å²) in [5, 5.41) is 12.2. The van der Waals surface area contributed by atoms with Crippen molar-refractivity contribution < 1.29 is 9.84 Å². The number of para-hydroxylation sites is 1. The molecule has 2 aromatic carbocycles. The van der Waals surface area contributed by atoms with E-state index < -0.39 is 0 Å². The molecule has 0 aliphatic carbocycles. The van der Waals surface area contributed by atoms with Gasteiger partial charge in [0.15, 0.2) is 0 Å². The maximum Gasteiger partial charge on any atom is 0.332 e. The number of benzene rings is 2. The molecule has 1 N–H and O–H groups in total. The summed E-state index contributed by atoms with van der Waals surface area (Å²) >= 11 is 0. The summed E-state index contributed by atoms with van der Waals surface area (Å²) in [6.07, 6.45) is 2.34. The van der Waals surface area contributed by atoms with Gasteiger partial charge in [0.25, 0.3) is 0 Å². The molecular formula is C25H27N3O3. The average Bonchev–Trinajstić information content (AvgIpc) is 3.22. The van der Waals surface area contributed by atoms with E-state index in [0.717, 1.165) is 40.8 Å². The fourth-order valence-corrected chi connectivity index (χ4v) is 4.96. The van der Waals surface area contributed by atoms with Gasteiger partial charge in [-0.3, -0.25) is 9.13 Å². The molecule has 1 atom stereocenters. The Bertz CT molecular complexity index is 1330. The van der Waals surface area contributed by atoms with Crippen LogP contribution in [0.3, 0.4) is 0 Å². The normalized spacial score (nSPS) is 15.1. The lowest BCUT2D eigenvalue weighted by atomic mass is 9.92. The maximum absolute atomic E-state index is 13.5. The number of nitrogens with zero attached hydrogens (tertiary/aromatic N) is 3. The zero-order valence-electron chi connectivity index (χ0n) is 18.1. The van der Waals surface area contributed by atoms with E-state index in [1.165, 1.54) is 10.1 Å². The van der Waals surface area contributed by atoms with Crippen LogP contribution >= 0.6 is 0 Å². The third-order valence-corrected chi connectivity index (χ3v) is 6.53. The Labute approximate surface area is 180 Å². The van der Waals surface area contributed by atoms with Crippen molar-refractivity contribution in [2.24, 2.45) is 7.05 Å². The van der Waals surface area contributed by atoms with Gasteiger partial charge in [0.2, 0.25) is 5.88 Å². The second kappa shape index (κ2) is 7.38. The van der Waals surface area contributed by atoms with Gasteiger partial charge >= 0.3 is 5.69 Å². The van der Waals surface area contributed by atoms with Gasteiger partial charge in [0, 0.05) is 36.6 Å². The first-order chi connectivity index (χ1) is 15.1. The fourth-order valence-electron chi connectivity index (χ4n) is 4.96. The number of hydrogen-bond donors (Lipinski definition) is 1. The van der Waals surface area contributed by atoms with Crippen molar-refractivity contribution >= 4 is 10.9 Å². The summed E-state index contributed by atoms with van der Waals surface area (Å²) in [6.45, 7) is 2.60. The molecule has 6 nitrogen and oxygen atoms in total. The van der Waals surface area contributed by atoms with Crippen LogP contribution in [0, 0.1) is 0 Å². The van der Waals surface area contributed by atoms with E-state index in [9.17, 15) is 9.90 Å². The van der Waals surface area contributed by atoms with Crippen LogP contribution in [-0.4, -0.2) is 25.9 Å². The molecule has 3 heterocycles. The number of methoxy groups -OCH3 is 1. The zero-order valence-corrected chi connectivity index (χ0v) is 18.1. The van der Waals surface area contributed by atoms with Crippen LogP contribution in [0.1, 0.15) is 48.3 Å². The van der Waals surface area contributed by atoms with Crippen LogP contribution < -0.4 is 10.4 Å². The molecule has 0 spiro atoms. The monoisotopic (exact) mass is 417 g/mol. The second-order valence-corrected chi connectivity index (χ2v) is 8.22. The number of ether oxygens (including phenoxy) is 1. The van der Waals surface area contributed by atoms with E-state index >= 15 is 0 Å². The van der Waals surface area contributed by atoms with E-state index in [2.05, 4.69) is 30.7 Å². The third kappa shape index (κ3) is 2.81. The zero-order chi connectivity index (χ0) is 21.7. The highest BCUT2D eigenvalue weighted by atomic mass is 16.5. The van der Waals surface area contributed by atoms with Gasteiger partial charge in [-0.1, -0.05) is 43.7 Å². The predicted molar refractivity (Wildman–Crippen MR) is 121 cm³/mol.